The Labute approximate surface area is 72.5 Å². The Bertz CT molecular complexity index is 224. The summed E-state index contributed by atoms with van der Waals surface area (Å²) in [5.41, 5.74) is 6.15. The third-order valence-electron chi connectivity index (χ3n) is 1.27. The van der Waals surface area contributed by atoms with Crippen LogP contribution in [0.5, 0.6) is 0 Å². The zero-order valence-corrected chi connectivity index (χ0v) is 7.36. The second kappa shape index (κ2) is 5.57. The minimum absolute atomic E-state index is 0.350. The normalized spacial score (nSPS) is 9.08. The third-order valence-corrected chi connectivity index (χ3v) is 1.27. The van der Waals surface area contributed by atoms with Crippen LogP contribution in [-0.4, -0.2) is 10.2 Å². The van der Waals surface area contributed by atoms with Crippen LogP contribution in [0.15, 0.2) is 24.3 Å². The van der Waals surface area contributed by atoms with Gasteiger partial charge in [-0.05, 0) is 6.07 Å². The number of anilines is 1. The zero-order chi connectivity index (χ0) is 9.56. The highest BCUT2D eigenvalue weighted by Crippen LogP contribution is 2.16. The highest BCUT2D eigenvalue weighted by atomic mass is 16.5. The molecule has 0 saturated heterocycles. The Morgan fingerprint density at radius 3 is 2.00 bits per heavy atom. The minimum atomic E-state index is -1.47. The predicted molar refractivity (Wildman–Crippen MR) is 49.4 cm³/mol. The van der Waals surface area contributed by atoms with E-state index in [2.05, 4.69) is 0 Å². The number of aliphatic hydroxyl groups excluding tert-OH is 1. The number of hydrogen-bond acceptors (Lipinski definition) is 3. The van der Waals surface area contributed by atoms with Crippen molar-refractivity contribution in [1.82, 2.24) is 0 Å². The van der Waals surface area contributed by atoms with Crippen LogP contribution < -0.4 is 5.73 Å². The van der Waals surface area contributed by atoms with Crippen LogP contribution >= 0.6 is 0 Å². The highest BCUT2D eigenvalue weighted by molar-refractivity contribution is 5.46. The van der Waals surface area contributed by atoms with Gasteiger partial charge in [-0.25, -0.2) is 0 Å². The van der Waals surface area contributed by atoms with E-state index in [0.29, 0.717) is 11.3 Å². The van der Waals surface area contributed by atoms with Crippen molar-refractivity contribution in [1.29, 1.82) is 0 Å². The Balaban J connectivity index is 0.000000561. The van der Waals surface area contributed by atoms with Gasteiger partial charge in [0.15, 0.2) is 6.29 Å². The van der Waals surface area contributed by atoms with Crippen LogP contribution in [0, 0.1) is 0 Å². The van der Waals surface area contributed by atoms with Gasteiger partial charge in [-0.2, -0.15) is 0 Å². The van der Waals surface area contributed by atoms with Gasteiger partial charge >= 0.3 is 0 Å². The smallest absolute Gasteiger partial charge is 0.180 e. The summed E-state index contributed by atoms with van der Waals surface area (Å²) < 4.78 is 0. The van der Waals surface area contributed by atoms with E-state index in [4.69, 9.17) is 15.9 Å². The SMILES string of the molecule is CC.Nc1ccccc1C(O)O. The molecule has 4 N–H and O–H groups in total. The maximum Gasteiger partial charge on any atom is 0.180 e. The van der Waals surface area contributed by atoms with E-state index in [9.17, 15) is 0 Å². The summed E-state index contributed by atoms with van der Waals surface area (Å²) >= 11 is 0. The summed E-state index contributed by atoms with van der Waals surface area (Å²) in [7, 11) is 0. The molecular formula is C9H15NO2. The number of para-hydroxylation sites is 1. The summed E-state index contributed by atoms with van der Waals surface area (Å²) in [6.45, 7) is 4.00. The molecule has 68 valence electrons. The van der Waals surface area contributed by atoms with Crippen LogP contribution in [-0.2, 0) is 0 Å². The molecule has 0 unspecified atom stereocenters. The summed E-state index contributed by atoms with van der Waals surface area (Å²) in [5.74, 6) is 0. The van der Waals surface area contributed by atoms with Gasteiger partial charge in [0.2, 0.25) is 0 Å². The molecule has 0 atom stereocenters. The fourth-order valence-corrected chi connectivity index (χ4v) is 0.746. The van der Waals surface area contributed by atoms with E-state index in [1.165, 1.54) is 0 Å². The molecule has 0 aliphatic rings. The maximum atomic E-state index is 8.68. The second-order valence-electron chi connectivity index (χ2n) is 2.00. The fraction of sp³-hybridized carbons (Fsp3) is 0.333. The first-order valence-corrected chi connectivity index (χ1v) is 3.92. The Hall–Kier alpha value is -1.06. The van der Waals surface area contributed by atoms with Crippen LogP contribution in [0.4, 0.5) is 5.69 Å². The standard InChI is InChI=1S/C7H9NO2.C2H6/c8-6-4-2-1-3-5(6)7(9)10;1-2/h1-4,7,9-10H,8H2;1-2H3. The molecule has 12 heavy (non-hydrogen) atoms. The zero-order valence-electron chi connectivity index (χ0n) is 7.36. The average molecular weight is 169 g/mol. The van der Waals surface area contributed by atoms with Crippen molar-refractivity contribution in [3.8, 4) is 0 Å². The largest absolute Gasteiger partial charge is 0.398 e. The number of benzene rings is 1. The molecular weight excluding hydrogens is 154 g/mol. The van der Waals surface area contributed by atoms with Gasteiger partial charge in [-0.3, -0.25) is 0 Å². The molecule has 1 aromatic rings. The number of hydrogen-bond donors (Lipinski definition) is 3. The lowest BCUT2D eigenvalue weighted by molar-refractivity contribution is -0.0418. The van der Waals surface area contributed by atoms with Gasteiger partial charge in [-0.15, -0.1) is 0 Å². The van der Waals surface area contributed by atoms with Gasteiger partial charge in [0.05, 0.1) is 0 Å². The molecule has 0 heterocycles. The Morgan fingerprint density at radius 1 is 1.17 bits per heavy atom. The number of nitrogens with two attached hydrogens (primary N) is 1. The van der Waals surface area contributed by atoms with Crippen molar-refractivity contribution in [3.63, 3.8) is 0 Å². The van der Waals surface area contributed by atoms with Crippen molar-refractivity contribution in [2.75, 3.05) is 5.73 Å². The van der Waals surface area contributed by atoms with Crippen molar-refractivity contribution < 1.29 is 10.2 Å². The van der Waals surface area contributed by atoms with Crippen molar-refractivity contribution in [2.45, 2.75) is 20.1 Å². The van der Waals surface area contributed by atoms with Crippen molar-refractivity contribution >= 4 is 5.69 Å². The molecule has 0 aliphatic heterocycles. The Kier molecular flexibility index (Phi) is 5.08. The van der Waals surface area contributed by atoms with E-state index in [-0.39, 0.29) is 0 Å². The molecule has 0 saturated carbocycles. The molecule has 0 aliphatic carbocycles. The van der Waals surface area contributed by atoms with Crippen LogP contribution in [0.3, 0.4) is 0 Å². The number of rotatable bonds is 1. The lowest BCUT2D eigenvalue weighted by atomic mass is 10.2. The van der Waals surface area contributed by atoms with Gasteiger partial charge in [-0.1, -0.05) is 32.0 Å². The maximum absolute atomic E-state index is 8.68. The predicted octanol–water partition coefficient (Wildman–Crippen LogP) is 1.28. The summed E-state index contributed by atoms with van der Waals surface area (Å²) in [5, 5.41) is 17.4. The van der Waals surface area contributed by atoms with E-state index in [0.717, 1.165) is 0 Å². The molecule has 0 fully saturated rings. The van der Waals surface area contributed by atoms with Gasteiger partial charge in [0.1, 0.15) is 0 Å². The topological polar surface area (TPSA) is 66.5 Å². The first kappa shape index (κ1) is 10.9. The quantitative estimate of drug-likeness (QED) is 0.438. The molecule has 1 aromatic carbocycles. The summed E-state index contributed by atoms with van der Waals surface area (Å²) in [4.78, 5) is 0. The summed E-state index contributed by atoms with van der Waals surface area (Å²) in [6, 6.07) is 6.63. The van der Waals surface area contributed by atoms with Crippen LogP contribution in [0.1, 0.15) is 25.7 Å². The lowest BCUT2D eigenvalue weighted by Crippen LogP contribution is -1.99. The first-order valence-electron chi connectivity index (χ1n) is 3.92. The molecule has 0 spiro atoms. The Morgan fingerprint density at radius 2 is 1.67 bits per heavy atom. The highest BCUT2D eigenvalue weighted by Gasteiger charge is 2.03. The second-order valence-corrected chi connectivity index (χ2v) is 2.00. The monoisotopic (exact) mass is 169 g/mol. The minimum Gasteiger partial charge on any atom is -0.398 e. The number of aliphatic hydroxyl groups is 2. The van der Waals surface area contributed by atoms with Crippen LogP contribution in [0.25, 0.3) is 0 Å². The number of nitrogen functional groups attached to an aromatic ring is 1. The van der Waals surface area contributed by atoms with Gasteiger partial charge in [0, 0.05) is 11.3 Å². The molecule has 0 amide bonds. The third kappa shape index (κ3) is 2.90. The molecule has 3 nitrogen and oxygen atoms in total. The molecule has 3 heteroatoms. The summed E-state index contributed by atoms with van der Waals surface area (Å²) in [6.07, 6.45) is -1.47. The van der Waals surface area contributed by atoms with E-state index < -0.39 is 6.29 Å². The first-order chi connectivity index (χ1) is 5.72. The van der Waals surface area contributed by atoms with E-state index in [1.54, 1.807) is 24.3 Å². The van der Waals surface area contributed by atoms with Gasteiger partial charge < -0.3 is 15.9 Å². The van der Waals surface area contributed by atoms with E-state index >= 15 is 0 Å². The lowest BCUT2D eigenvalue weighted by Gasteiger charge is -2.05. The van der Waals surface area contributed by atoms with Crippen molar-refractivity contribution in [3.05, 3.63) is 29.8 Å². The van der Waals surface area contributed by atoms with Crippen LogP contribution in [0.2, 0.25) is 0 Å². The fourth-order valence-electron chi connectivity index (χ4n) is 0.746. The van der Waals surface area contributed by atoms with Gasteiger partial charge in [0.25, 0.3) is 0 Å². The van der Waals surface area contributed by atoms with E-state index in [1.807, 2.05) is 13.8 Å². The average Bonchev–Trinajstić information content (AvgIpc) is 2.08. The van der Waals surface area contributed by atoms with Crippen molar-refractivity contribution in [2.24, 2.45) is 0 Å². The molecule has 0 radical (unpaired) electrons. The molecule has 1 rings (SSSR count). The molecule has 0 bridgehead atoms. The molecule has 0 aromatic heterocycles.